The van der Waals surface area contributed by atoms with Crippen LogP contribution in [0.15, 0.2) is 106 Å². The molecule has 1 fully saturated rings. The first-order valence-electron chi connectivity index (χ1n) is 19.5. The van der Waals surface area contributed by atoms with E-state index < -0.39 is 0 Å². The van der Waals surface area contributed by atoms with Gasteiger partial charge >= 0.3 is 46.7 Å². The van der Waals surface area contributed by atoms with Crippen molar-refractivity contribution in [2.75, 3.05) is 0 Å². The first-order chi connectivity index (χ1) is 26.2. The number of furan rings is 2. The SMILES string of the molecule is Cc1cc(C)cc(-c2c(C)c(C)cc3[cH-]c(-c4ccc(C)o4)cc23)c1.Cc1cc(C)cc(-c2c(C)c(C)cc3[cH-]c(-c4ccc(C)o4)cc23)c1.[Cl-].[Cl-].[Zr+2]=[C]1CCC1. The van der Waals surface area contributed by atoms with Crippen LogP contribution in [-0.2, 0) is 24.2 Å². The van der Waals surface area contributed by atoms with Gasteiger partial charge in [-0.3, -0.25) is 0 Å². The van der Waals surface area contributed by atoms with Gasteiger partial charge in [-0.05, 0) is 116 Å². The zero-order valence-corrected chi connectivity index (χ0v) is 38.9. The first-order valence-corrected chi connectivity index (χ1v) is 20.8. The van der Waals surface area contributed by atoms with Gasteiger partial charge < -0.3 is 33.6 Å². The second-order valence-corrected chi connectivity index (χ2v) is 17.6. The molecule has 57 heavy (non-hydrogen) atoms. The van der Waals surface area contributed by atoms with Gasteiger partial charge in [0, 0.05) is 0 Å². The molecule has 9 rings (SSSR count). The number of halogens is 2. The van der Waals surface area contributed by atoms with E-state index in [0.29, 0.717) is 0 Å². The number of rotatable bonds is 4. The average Bonchev–Trinajstić information content (AvgIpc) is 3.91. The third-order valence-electron chi connectivity index (χ3n) is 11.1. The molecule has 0 atom stereocenters. The zero-order chi connectivity index (χ0) is 39.1. The first kappa shape index (κ1) is 44.1. The van der Waals surface area contributed by atoms with Gasteiger partial charge in [0.2, 0.25) is 0 Å². The molecule has 5 heteroatoms. The maximum atomic E-state index is 5.84. The second kappa shape index (κ2) is 18.3. The van der Waals surface area contributed by atoms with E-state index >= 15 is 0 Å². The molecule has 1 aliphatic rings. The Balaban J connectivity index is 0.000000188. The summed E-state index contributed by atoms with van der Waals surface area (Å²) in [5.74, 6) is 3.77. The topological polar surface area (TPSA) is 26.3 Å². The summed E-state index contributed by atoms with van der Waals surface area (Å²) in [5, 5.41) is 5.16. The molecule has 2 aromatic heterocycles. The Kier molecular flexibility index (Phi) is 14.1. The van der Waals surface area contributed by atoms with Crippen molar-refractivity contribution in [1.82, 2.24) is 0 Å². The van der Waals surface area contributed by atoms with Gasteiger partial charge in [0.1, 0.15) is 0 Å². The predicted octanol–water partition coefficient (Wildman–Crippen LogP) is 8.95. The molecule has 1 aliphatic carbocycles. The van der Waals surface area contributed by atoms with E-state index in [4.69, 9.17) is 8.83 Å². The molecule has 8 aromatic rings. The van der Waals surface area contributed by atoms with Crippen LogP contribution in [0.3, 0.4) is 0 Å². The molecular weight excluding hydrogens is 819 g/mol. The number of benzene rings is 4. The molecule has 0 unspecified atom stereocenters. The Hall–Kier alpha value is -4.01. The maximum absolute atomic E-state index is 5.84. The van der Waals surface area contributed by atoms with Gasteiger partial charge in [-0.15, -0.1) is 57.9 Å². The quantitative estimate of drug-likeness (QED) is 0.165. The molecule has 0 radical (unpaired) electrons. The Labute approximate surface area is 366 Å². The Bertz CT molecular complexity index is 2490. The summed E-state index contributed by atoms with van der Waals surface area (Å²) in [7, 11) is 0. The normalized spacial score (nSPS) is 12.0. The average molecular weight is 871 g/mol. The Morgan fingerprint density at radius 2 is 0.825 bits per heavy atom. The molecule has 292 valence electrons. The zero-order valence-electron chi connectivity index (χ0n) is 34.9. The monoisotopic (exact) mass is 868 g/mol. The van der Waals surface area contributed by atoms with Crippen LogP contribution in [0.4, 0.5) is 0 Å². The summed E-state index contributed by atoms with van der Waals surface area (Å²) in [5.41, 5.74) is 18.2. The van der Waals surface area contributed by atoms with E-state index in [-0.39, 0.29) is 24.8 Å². The summed E-state index contributed by atoms with van der Waals surface area (Å²) >= 11 is 1.67. The molecule has 0 bridgehead atoms. The van der Waals surface area contributed by atoms with Gasteiger partial charge in [-0.2, -0.15) is 0 Å². The van der Waals surface area contributed by atoms with Crippen LogP contribution < -0.4 is 24.8 Å². The molecule has 1 saturated carbocycles. The minimum absolute atomic E-state index is 0. The van der Waals surface area contributed by atoms with E-state index in [1.54, 1.807) is 27.4 Å². The fourth-order valence-electron chi connectivity index (χ4n) is 8.00. The second-order valence-electron chi connectivity index (χ2n) is 15.9. The number of hydrogen-bond donors (Lipinski definition) is 0. The summed E-state index contributed by atoms with van der Waals surface area (Å²) in [4.78, 5) is 0. The number of fused-ring (bicyclic) bond motifs is 2. The van der Waals surface area contributed by atoms with E-state index in [2.05, 4.69) is 140 Å². The van der Waals surface area contributed by atoms with Crippen molar-refractivity contribution in [3.05, 3.63) is 153 Å². The standard InChI is InChI=1S/2C24H23O.C4H6.2ClH.Zr/c2*1-14-8-15(2)10-21(9-14)24-18(5)16(3)11-19-12-20(13-22(19)24)23-7-6-17(4)25-23;1-2-4-3-1;;;/h2*6-13H,1-5H3;1-3H2;2*1H;/q2*-1;;;;+2/p-2. The number of hydrogen-bond acceptors (Lipinski definition) is 2. The van der Waals surface area contributed by atoms with Gasteiger partial charge in [0.25, 0.3) is 0 Å². The summed E-state index contributed by atoms with van der Waals surface area (Å²) in [6.07, 6.45) is 4.36. The molecule has 0 amide bonds. The van der Waals surface area contributed by atoms with Crippen LogP contribution in [0, 0.1) is 69.2 Å². The van der Waals surface area contributed by atoms with E-state index in [9.17, 15) is 0 Å². The molecule has 2 nitrogen and oxygen atoms in total. The molecule has 0 saturated heterocycles. The van der Waals surface area contributed by atoms with Crippen LogP contribution in [0.1, 0.15) is 75.3 Å². The molecule has 2 heterocycles. The summed E-state index contributed by atoms with van der Waals surface area (Å²) in [6.45, 7) is 21.5. The molecule has 0 N–H and O–H groups in total. The van der Waals surface area contributed by atoms with Crippen LogP contribution in [-0.4, -0.2) is 3.21 Å². The molecule has 0 spiro atoms. The Morgan fingerprint density at radius 3 is 1.11 bits per heavy atom. The Morgan fingerprint density at radius 1 is 0.474 bits per heavy atom. The summed E-state index contributed by atoms with van der Waals surface area (Å²) < 4.78 is 13.5. The predicted molar refractivity (Wildman–Crippen MR) is 232 cm³/mol. The molecule has 0 aliphatic heterocycles. The van der Waals surface area contributed by atoms with Crippen molar-refractivity contribution in [2.24, 2.45) is 0 Å². The third-order valence-corrected chi connectivity index (χ3v) is 12.3. The van der Waals surface area contributed by atoms with Crippen LogP contribution >= 0.6 is 0 Å². The van der Waals surface area contributed by atoms with Crippen molar-refractivity contribution >= 4 is 24.8 Å². The van der Waals surface area contributed by atoms with Crippen LogP contribution in [0.25, 0.3) is 66.4 Å². The van der Waals surface area contributed by atoms with E-state index in [0.717, 1.165) is 34.2 Å². The summed E-state index contributed by atoms with van der Waals surface area (Å²) in [6, 6.07) is 35.4. The fraction of sp³-hybridized carbons (Fsp3) is 0.250. The minimum atomic E-state index is 0. The van der Waals surface area contributed by atoms with E-state index in [1.807, 2.05) is 26.0 Å². The van der Waals surface area contributed by atoms with Crippen LogP contribution in [0.2, 0.25) is 0 Å². The van der Waals surface area contributed by atoms with Gasteiger partial charge in [-0.1, -0.05) is 92.0 Å². The fourth-order valence-corrected chi connectivity index (χ4v) is 8.87. The van der Waals surface area contributed by atoms with Crippen molar-refractivity contribution in [3.8, 4) is 44.9 Å². The van der Waals surface area contributed by atoms with Crippen LogP contribution in [0.5, 0.6) is 0 Å². The number of aryl methyl sites for hydroxylation is 8. The molecule has 6 aromatic carbocycles. The van der Waals surface area contributed by atoms with Crippen molar-refractivity contribution in [2.45, 2.75) is 88.5 Å². The van der Waals surface area contributed by atoms with Gasteiger partial charge in [0.05, 0.1) is 23.0 Å². The van der Waals surface area contributed by atoms with Gasteiger partial charge in [-0.25, -0.2) is 0 Å². The van der Waals surface area contributed by atoms with Crippen molar-refractivity contribution < 1.29 is 57.9 Å². The van der Waals surface area contributed by atoms with Crippen molar-refractivity contribution in [3.63, 3.8) is 0 Å². The van der Waals surface area contributed by atoms with E-state index in [1.165, 1.54) is 108 Å². The third kappa shape index (κ3) is 9.66. The van der Waals surface area contributed by atoms with Gasteiger partial charge in [0.15, 0.2) is 0 Å². The molecular formula is C52H52Cl2O2Zr-2. The van der Waals surface area contributed by atoms with Crippen molar-refractivity contribution in [1.29, 1.82) is 0 Å².